The Balaban J connectivity index is 1.98. The molecule has 0 radical (unpaired) electrons. The highest BCUT2D eigenvalue weighted by Crippen LogP contribution is 2.23. The zero-order valence-corrected chi connectivity index (χ0v) is 11.8. The maximum Gasteiger partial charge on any atom is 0.141 e. The molecule has 0 aromatic heterocycles. The van der Waals surface area contributed by atoms with Crippen LogP contribution in [-0.2, 0) is 11.2 Å². The summed E-state index contributed by atoms with van der Waals surface area (Å²) in [5, 5.41) is 0. The minimum atomic E-state index is -0.294. The first-order chi connectivity index (χ1) is 8.65. The lowest BCUT2D eigenvalue weighted by Crippen LogP contribution is -2.06. The van der Waals surface area contributed by atoms with Crippen molar-refractivity contribution in [3.63, 3.8) is 0 Å². The normalized spacial score (nSPS) is 15.3. The Labute approximate surface area is 115 Å². The van der Waals surface area contributed by atoms with Gasteiger partial charge in [-0.2, -0.15) is 0 Å². The molecule has 1 aromatic rings. The standard InChI is InChI=1S/C15H16BrFO/c16-15-7-6-13(17)9-12(15)10-14(18)8-11-4-2-1-3-5-11/h4,6-7,9H,1-3,5,8,10H2. The molecule has 3 heteroatoms. The van der Waals surface area contributed by atoms with Gasteiger partial charge in [-0.3, -0.25) is 4.79 Å². The third-order valence-corrected chi connectivity index (χ3v) is 3.98. The Morgan fingerprint density at radius 2 is 2.11 bits per heavy atom. The van der Waals surface area contributed by atoms with Gasteiger partial charge in [-0.1, -0.05) is 27.6 Å². The quantitative estimate of drug-likeness (QED) is 0.743. The fourth-order valence-corrected chi connectivity index (χ4v) is 2.66. The van der Waals surface area contributed by atoms with Crippen LogP contribution in [0.25, 0.3) is 0 Å². The van der Waals surface area contributed by atoms with Crippen LogP contribution in [-0.4, -0.2) is 5.78 Å². The molecule has 0 atom stereocenters. The Bertz CT molecular complexity index is 479. The van der Waals surface area contributed by atoms with Gasteiger partial charge in [0.2, 0.25) is 0 Å². The van der Waals surface area contributed by atoms with E-state index in [0.29, 0.717) is 12.8 Å². The van der Waals surface area contributed by atoms with Crippen molar-refractivity contribution in [3.8, 4) is 0 Å². The van der Waals surface area contributed by atoms with E-state index in [2.05, 4.69) is 22.0 Å². The molecule has 0 unspecified atom stereocenters. The average Bonchev–Trinajstić information content (AvgIpc) is 2.35. The number of hydrogen-bond acceptors (Lipinski definition) is 1. The molecule has 0 amide bonds. The van der Waals surface area contributed by atoms with Crippen molar-refractivity contribution in [1.82, 2.24) is 0 Å². The molecule has 18 heavy (non-hydrogen) atoms. The molecule has 0 heterocycles. The monoisotopic (exact) mass is 310 g/mol. The summed E-state index contributed by atoms with van der Waals surface area (Å²) in [5.74, 6) is -0.132. The van der Waals surface area contributed by atoms with Crippen LogP contribution in [0.4, 0.5) is 4.39 Å². The maximum absolute atomic E-state index is 13.1. The number of carbonyl (C=O) groups excluding carboxylic acids is 1. The number of hydrogen-bond donors (Lipinski definition) is 0. The number of benzene rings is 1. The van der Waals surface area contributed by atoms with Gasteiger partial charge in [0.15, 0.2) is 0 Å². The number of rotatable bonds is 4. The number of halogens is 2. The van der Waals surface area contributed by atoms with Crippen molar-refractivity contribution in [2.45, 2.75) is 38.5 Å². The molecule has 1 aromatic carbocycles. The van der Waals surface area contributed by atoms with E-state index in [-0.39, 0.29) is 11.6 Å². The number of carbonyl (C=O) groups is 1. The summed E-state index contributed by atoms with van der Waals surface area (Å²) < 4.78 is 13.9. The van der Waals surface area contributed by atoms with Gasteiger partial charge in [-0.25, -0.2) is 4.39 Å². The highest BCUT2D eigenvalue weighted by molar-refractivity contribution is 9.10. The molecule has 0 N–H and O–H groups in total. The lowest BCUT2D eigenvalue weighted by Gasteiger charge is -2.12. The van der Waals surface area contributed by atoms with E-state index in [4.69, 9.17) is 0 Å². The smallest absolute Gasteiger partial charge is 0.141 e. The van der Waals surface area contributed by atoms with Gasteiger partial charge >= 0.3 is 0 Å². The maximum atomic E-state index is 13.1. The third kappa shape index (κ3) is 3.77. The summed E-state index contributed by atoms with van der Waals surface area (Å²) in [6, 6.07) is 4.47. The fraction of sp³-hybridized carbons (Fsp3) is 0.400. The van der Waals surface area contributed by atoms with Crippen LogP contribution in [0.15, 0.2) is 34.3 Å². The Morgan fingerprint density at radius 3 is 2.83 bits per heavy atom. The summed E-state index contributed by atoms with van der Waals surface area (Å²) >= 11 is 3.35. The first-order valence-electron chi connectivity index (χ1n) is 6.28. The summed E-state index contributed by atoms with van der Waals surface area (Å²) in [4.78, 5) is 12.0. The summed E-state index contributed by atoms with van der Waals surface area (Å²) in [6.45, 7) is 0. The fourth-order valence-electron chi connectivity index (χ4n) is 2.27. The third-order valence-electron chi connectivity index (χ3n) is 3.20. The Kier molecular flexibility index (Phi) is 4.70. The molecule has 0 saturated carbocycles. The summed E-state index contributed by atoms with van der Waals surface area (Å²) in [6.07, 6.45) is 7.54. The van der Waals surface area contributed by atoms with Crippen LogP contribution in [0.2, 0.25) is 0 Å². The van der Waals surface area contributed by atoms with Crippen molar-refractivity contribution in [1.29, 1.82) is 0 Å². The minimum Gasteiger partial charge on any atom is -0.299 e. The van der Waals surface area contributed by atoms with E-state index in [1.54, 1.807) is 6.07 Å². The van der Waals surface area contributed by atoms with Gasteiger partial charge in [0.05, 0.1) is 0 Å². The first-order valence-corrected chi connectivity index (χ1v) is 7.08. The SMILES string of the molecule is O=C(CC1=CCCCC1)Cc1cc(F)ccc1Br. The van der Waals surface area contributed by atoms with Crippen LogP contribution >= 0.6 is 15.9 Å². The second kappa shape index (κ2) is 6.28. The van der Waals surface area contributed by atoms with Gasteiger partial charge in [0, 0.05) is 17.3 Å². The van der Waals surface area contributed by atoms with E-state index >= 15 is 0 Å². The largest absolute Gasteiger partial charge is 0.299 e. The zero-order chi connectivity index (χ0) is 13.0. The van der Waals surface area contributed by atoms with E-state index in [0.717, 1.165) is 22.9 Å². The average molecular weight is 311 g/mol. The van der Waals surface area contributed by atoms with Crippen molar-refractivity contribution >= 4 is 21.7 Å². The van der Waals surface area contributed by atoms with Crippen LogP contribution in [0, 0.1) is 5.82 Å². The molecule has 1 aliphatic rings. The second-order valence-corrected chi connectivity index (χ2v) is 5.59. The molecule has 0 spiro atoms. The van der Waals surface area contributed by atoms with Crippen molar-refractivity contribution in [2.75, 3.05) is 0 Å². The lowest BCUT2D eigenvalue weighted by atomic mass is 9.94. The van der Waals surface area contributed by atoms with E-state index in [9.17, 15) is 9.18 Å². The minimum absolute atomic E-state index is 0.162. The highest BCUT2D eigenvalue weighted by Gasteiger charge is 2.12. The van der Waals surface area contributed by atoms with Gasteiger partial charge in [0.25, 0.3) is 0 Å². The number of Topliss-reactive ketones (excluding diaryl/α,β-unsaturated/α-hetero) is 1. The Morgan fingerprint density at radius 1 is 1.28 bits per heavy atom. The van der Waals surface area contributed by atoms with Gasteiger partial charge in [-0.15, -0.1) is 0 Å². The van der Waals surface area contributed by atoms with E-state index in [1.807, 2.05) is 0 Å². The number of ketones is 1. The summed E-state index contributed by atoms with van der Waals surface area (Å²) in [5.41, 5.74) is 1.98. The predicted molar refractivity (Wildman–Crippen MR) is 74.0 cm³/mol. The molecule has 0 bridgehead atoms. The topological polar surface area (TPSA) is 17.1 Å². The Hall–Kier alpha value is -0.960. The van der Waals surface area contributed by atoms with Crippen molar-refractivity contribution in [3.05, 3.63) is 45.7 Å². The van der Waals surface area contributed by atoms with Gasteiger partial charge in [0.1, 0.15) is 11.6 Å². The molecule has 0 aliphatic heterocycles. The van der Waals surface area contributed by atoms with Crippen LogP contribution in [0.1, 0.15) is 37.7 Å². The molecule has 0 saturated heterocycles. The van der Waals surface area contributed by atoms with E-state index in [1.165, 1.54) is 30.5 Å². The first kappa shape index (κ1) is 13.5. The van der Waals surface area contributed by atoms with Crippen LogP contribution < -0.4 is 0 Å². The van der Waals surface area contributed by atoms with E-state index < -0.39 is 0 Å². The van der Waals surface area contributed by atoms with Crippen molar-refractivity contribution < 1.29 is 9.18 Å². The highest BCUT2D eigenvalue weighted by atomic mass is 79.9. The zero-order valence-electron chi connectivity index (χ0n) is 10.2. The molecule has 1 nitrogen and oxygen atoms in total. The lowest BCUT2D eigenvalue weighted by molar-refractivity contribution is -0.117. The number of allylic oxidation sites excluding steroid dienone is 2. The van der Waals surface area contributed by atoms with Gasteiger partial charge in [-0.05, 0) is 49.4 Å². The van der Waals surface area contributed by atoms with Gasteiger partial charge < -0.3 is 0 Å². The predicted octanol–water partition coefficient (Wildman–Crippen LogP) is 4.59. The molecule has 1 aliphatic carbocycles. The second-order valence-electron chi connectivity index (χ2n) is 4.74. The molecular formula is C15H16BrFO. The molecule has 0 fully saturated rings. The molecule has 2 rings (SSSR count). The molecule has 96 valence electrons. The summed E-state index contributed by atoms with van der Waals surface area (Å²) in [7, 11) is 0. The van der Waals surface area contributed by atoms with Crippen molar-refractivity contribution in [2.24, 2.45) is 0 Å². The van der Waals surface area contributed by atoms with Crippen LogP contribution in [0.3, 0.4) is 0 Å². The van der Waals surface area contributed by atoms with Crippen LogP contribution in [0.5, 0.6) is 0 Å². The molecular weight excluding hydrogens is 295 g/mol.